The SMILES string of the molecule is CC(O)CO.CCO.CO. The average Bonchev–Trinajstić information content (AvgIpc) is 1.94. The first-order valence-electron chi connectivity index (χ1n) is 3.03. The number of hydrogen-bond donors (Lipinski definition) is 4. The third-order valence-corrected chi connectivity index (χ3v) is 0.264. The number of rotatable bonds is 1. The van der Waals surface area contributed by atoms with E-state index in [4.69, 9.17) is 20.4 Å². The summed E-state index contributed by atoms with van der Waals surface area (Å²) in [6, 6.07) is 0. The smallest absolute Gasteiger partial charge is 0.0742 e. The van der Waals surface area contributed by atoms with Gasteiger partial charge in [-0.25, -0.2) is 0 Å². The van der Waals surface area contributed by atoms with Gasteiger partial charge in [-0.05, 0) is 13.8 Å². The molecule has 4 heteroatoms. The van der Waals surface area contributed by atoms with Gasteiger partial charge in [-0.15, -0.1) is 0 Å². The first-order valence-corrected chi connectivity index (χ1v) is 3.03. The van der Waals surface area contributed by atoms with Crippen LogP contribution < -0.4 is 0 Å². The molecular weight excluding hydrogens is 136 g/mol. The van der Waals surface area contributed by atoms with Crippen LogP contribution in [-0.2, 0) is 0 Å². The van der Waals surface area contributed by atoms with E-state index in [0.717, 1.165) is 7.11 Å². The summed E-state index contributed by atoms with van der Waals surface area (Å²) in [5.74, 6) is 0. The van der Waals surface area contributed by atoms with Gasteiger partial charge in [0.25, 0.3) is 0 Å². The second kappa shape index (κ2) is 23.2. The molecule has 0 rings (SSSR count). The van der Waals surface area contributed by atoms with Gasteiger partial charge >= 0.3 is 0 Å². The van der Waals surface area contributed by atoms with Crippen molar-refractivity contribution >= 4 is 0 Å². The van der Waals surface area contributed by atoms with E-state index in [0.29, 0.717) is 0 Å². The van der Waals surface area contributed by atoms with Gasteiger partial charge in [-0.2, -0.15) is 0 Å². The lowest BCUT2D eigenvalue weighted by atomic mass is 10.5. The maximum absolute atomic E-state index is 8.11. The Balaban J connectivity index is -0.0000000847. The molecule has 66 valence electrons. The van der Waals surface area contributed by atoms with E-state index in [9.17, 15) is 0 Å². The molecule has 0 aromatic heterocycles. The van der Waals surface area contributed by atoms with Gasteiger partial charge in [-0.1, -0.05) is 0 Å². The van der Waals surface area contributed by atoms with Crippen molar-refractivity contribution in [1.29, 1.82) is 0 Å². The zero-order valence-electron chi connectivity index (χ0n) is 6.78. The summed E-state index contributed by atoms with van der Waals surface area (Å²) in [5, 5.41) is 30.6. The van der Waals surface area contributed by atoms with E-state index in [2.05, 4.69) is 0 Å². The summed E-state index contributed by atoms with van der Waals surface area (Å²) in [7, 11) is 1.00. The topological polar surface area (TPSA) is 80.9 Å². The fraction of sp³-hybridized carbons (Fsp3) is 1.00. The predicted octanol–water partition coefficient (Wildman–Crippen LogP) is -1.03. The first kappa shape index (κ1) is 16.4. The molecule has 0 aliphatic heterocycles. The van der Waals surface area contributed by atoms with E-state index < -0.39 is 6.10 Å². The van der Waals surface area contributed by atoms with Crippen molar-refractivity contribution in [2.45, 2.75) is 20.0 Å². The number of aliphatic hydroxyl groups is 4. The fourth-order valence-corrected chi connectivity index (χ4v) is 0. The lowest BCUT2D eigenvalue weighted by Gasteiger charge is -1.90. The van der Waals surface area contributed by atoms with Crippen LogP contribution >= 0.6 is 0 Å². The van der Waals surface area contributed by atoms with Crippen molar-refractivity contribution in [3.05, 3.63) is 0 Å². The maximum atomic E-state index is 8.11. The second-order valence-corrected chi connectivity index (χ2v) is 1.35. The van der Waals surface area contributed by atoms with Crippen molar-refractivity contribution < 1.29 is 20.4 Å². The summed E-state index contributed by atoms with van der Waals surface area (Å²) in [5.41, 5.74) is 0. The molecule has 0 aromatic rings. The molecule has 0 amide bonds. The first-order chi connectivity index (χ1) is 4.68. The minimum Gasteiger partial charge on any atom is -0.400 e. The zero-order chi connectivity index (χ0) is 8.99. The van der Waals surface area contributed by atoms with Gasteiger partial charge in [0.1, 0.15) is 0 Å². The lowest BCUT2D eigenvalue weighted by Crippen LogP contribution is -2.03. The van der Waals surface area contributed by atoms with Crippen LogP contribution in [0.4, 0.5) is 0 Å². The highest BCUT2D eigenvalue weighted by Crippen LogP contribution is 1.68. The molecule has 0 radical (unpaired) electrons. The minimum absolute atomic E-state index is 0.139. The molecule has 0 fully saturated rings. The summed E-state index contributed by atoms with van der Waals surface area (Å²) in [6.45, 7) is 3.32. The van der Waals surface area contributed by atoms with E-state index in [1.165, 1.54) is 6.92 Å². The number of hydrogen-bond acceptors (Lipinski definition) is 4. The molecular formula is C6H18O4. The molecule has 0 saturated heterocycles. The molecule has 10 heavy (non-hydrogen) atoms. The Kier molecular flexibility index (Phi) is 38.1. The summed E-state index contributed by atoms with van der Waals surface area (Å²) in [4.78, 5) is 0. The van der Waals surface area contributed by atoms with Crippen molar-refractivity contribution in [3.63, 3.8) is 0 Å². The number of aliphatic hydroxyl groups excluding tert-OH is 4. The highest BCUT2D eigenvalue weighted by atomic mass is 16.3. The van der Waals surface area contributed by atoms with Crippen molar-refractivity contribution in [2.75, 3.05) is 20.3 Å². The average molecular weight is 154 g/mol. The molecule has 1 unspecified atom stereocenters. The second-order valence-electron chi connectivity index (χ2n) is 1.35. The van der Waals surface area contributed by atoms with Gasteiger partial charge < -0.3 is 20.4 Å². The molecule has 1 atom stereocenters. The molecule has 0 spiro atoms. The Labute approximate surface area is 61.8 Å². The van der Waals surface area contributed by atoms with Crippen LogP contribution in [0.1, 0.15) is 13.8 Å². The highest BCUT2D eigenvalue weighted by molar-refractivity contribution is 4.34. The fourth-order valence-electron chi connectivity index (χ4n) is 0. The summed E-state index contributed by atoms with van der Waals surface area (Å²) >= 11 is 0. The van der Waals surface area contributed by atoms with Crippen LogP contribution in [0.2, 0.25) is 0 Å². The Morgan fingerprint density at radius 1 is 1.20 bits per heavy atom. The summed E-state index contributed by atoms with van der Waals surface area (Å²) in [6.07, 6.45) is -0.560. The third-order valence-electron chi connectivity index (χ3n) is 0.264. The van der Waals surface area contributed by atoms with E-state index in [1.54, 1.807) is 6.92 Å². The Morgan fingerprint density at radius 2 is 1.30 bits per heavy atom. The molecule has 0 bridgehead atoms. The van der Waals surface area contributed by atoms with Gasteiger partial charge in [-0.3, -0.25) is 0 Å². The largest absolute Gasteiger partial charge is 0.400 e. The normalized spacial score (nSPS) is 9.90. The molecule has 0 heterocycles. The van der Waals surface area contributed by atoms with Crippen molar-refractivity contribution in [2.24, 2.45) is 0 Å². The standard InChI is InChI=1S/C3H8O2.C2H6O.CH4O/c1-3(5)2-4;1-2-3;1-2/h3-5H,2H2,1H3;3H,2H2,1H3;2H,1H3. The predicted molar refractivity (Wildman–Crippen MR) is 39.7 cm³/mol. The van der Waals surface area contributed by atoms with Crippen LogP contribution in [0, 0.1) is 0 Å². The van der Waals surface area contributed by atoms with Gasteiger partial charge in [0.05, 0.1) is 12.7 Å². The van der Waals surface area contributed by atoms with Crippen molar-refractivity contribution in [3.8, 4) is 0 Å². The Bertz CT molecular complexity index is 30.9. The molecule has 0 aliphatic rings. The van der Waals surface area contributed by atoms with Crippen LogP contribution in [-0.4, -0.2) is 46.9 Å². The monoisotopic (exact) mass is 154 g/mol. The van der Waals surface area contributed by atoms with Gasteiger partial charge in [0, 0.05) is 13.7 Å². The Morgan fingerprint density at radius 3 is 1.30 bits per heavy atom. The van der Waals surface area contributed by atoms with Gasteiger partial charge in [0.2, 0.25) is 0 Å². The van der Waals surface area contributed by atoms with E-state index >= 15 is 0 Å². The zero-order valence-corrected chi connectivity index (χ0v) is 6.78. The summed E-state index contributed by atoms with van der Waals surface area (Å²) < 4.78 is 0. The molecule has 0 aliphatic carbocycles. The quantitative estimate of drug-likeness (QED) is 0.389. The Hall–Kier alpha value is -0.160. The van der Waals surface area contributed by atoms with E-state index in [1.807, 2.05) is 0 Å². The molecule has 0 aromatic carbocycles. The molecule has 4 nitrogen and oxygen atoms in total. The van der Waals surface area contributed by atoms with Crippen molar-refractivity contribution in [1.82, 2.24) is 0 Å². The third kappa shape index (κ3) is 108. The van der Waals surface area contributed by atoms with Crippen LogP contribution in [0.3, 0.4) is 0 Å². The molecule has 4 N–H and O–H groups in total. The van der Waals surface area contributed by atoms with Crippen LogP contribution in [0.5, 0.6) is 0 Å². The lowest BCUT2D eigenvalue weighted by molar-refractivity contribution is 0.110. The highest BCUT2D eigenvalue weighted by Gasteiger charge is 1.83. The molecule has 0 saturated carbocycles. The van der Waals surface area contributed by atoms with Crippen LogP contribution in [0.25, 0.3) is 0 Å². The van der Waals surface area contributed by atoms with E-state index in [-0.39, 0.29) is 13.2 Å². The van der Waals surface area contributed by atoms with Gasteiger partial charge in [0.15, 0.2) is 0 Å². The maximum Gasteiger partial charge on any atom is 0.0742 e. The minimum atomic E-state index is -0.560. The van der Waals surface area contributed by atoms with Crippen LogP contribution in [0.15, 0.2) is 0 Å².